The summed E-state index contributed by atoms with van der Waals surface area (Å²) in [5.41, 5.74) is 0. The molecule has 0 aromatic heterocycles. The monoisotopic (exact) mass is 260 g/mol. The largest absolute Gasteiger partial charge is 0.343 e. The van der Waals surface area contributed by atoms with E-state index in [-0.39, 0.29) is 18.3 Å². The van der Waals surface area contributed by atoms with Crippen molar-refractivity contribution < 1.29 is 4.79 Å². The molecule has 1 saturated carbocycles. The Morgan fingerprint density at radius 2 is 2.00 bits per heavy atom. The molecule has 0 radical (unpaired) electrons. The number of hydrogen-bond acceptors (Lipinski definition) is 2. The zero-order chi connectivity index (χ0) is 11.5. The number of carbonyl (C=O) groups excluding carboxylic acids is 1. The number of halogens is 1. The normalized spacial score (nSPS) is 28.7. The van der Waals surface area contributed by atoms with E-state index >= 15 is 0 Å². The molecule has 0 aromatic rings. The molecule has 0 aromatic carbocycles. The van der Waals surface area contributed by atoms with E-state index in [9.17, 15) is 4.79 Å². The zero-order valence-electron chi connectivity index (χ0n) is 10.9. The molecule has 1 amide bonds. The molecule has 1 saturated heterocycles. The third-order valence-electron chi connectivity index (χ3n) is 3.97. The Hall–Kier alpha value is -0.280. The lowest BCUT2D eigenvalue weighted by Gasteiger charge is -2.32. The average molecular weight is 261 g/mol. The van der Waals surface area contributed by atoms with E-state index in [0.717, 1.165) is 37.9 Å². The summed E-state index contributed by atoms with van der Waals surface area (Å²) in [6.07, 6.45) is 6.33. The van der Waals surface area contributed by atoms with Crippen LogP contribution in [0, 0.1) is 5.92 Å². The molecule has 2 atom stereocenters. The molecule has 17 heavy (non-hydrogen) atoms. The molecule has 2 aliphatic rings. The molecule has 3 nitrogen and oxygen atoms in total. The first-order chi connectivity index (χ1) is 7.70. The quantitative estimate of drug-likeness (QED) is 0.841. The van der Waals surface area contributed by atoms with Crippen molar-refractivity contribution >= 4 is 18.3 Å². The fourth-order valence-corrected chi connectivity index (χ4v) is 2.81. The van der Waals surface area contributed by atoms with Crippen LogP contribution >= 0.6 is 12.4 Å². The highest BCUT2D eigenvalue weighted by atomic mass is 35.5. The van der Waals surface area contributed by atoms with Crippen molar-refractivity contribution in [3.63, 3.8) is 0 Å². The molecule has 0 bridgehead atoms. The molecule has 1 aliphatic carbocycles. The Morgan fingerprint density at radius 3 is 2.53 bits per heavy atom. The van der Waals surface area contributed by atoms with Crippen molar-refractivity contribution in [2.45, 2.75) is 58.0 Å². The predicted molar refractivity (Wildman–Crippen MR) is 72.5 cm³/mol. The zero-order valence-corrected chi connectivity index (χ0v) is 11.8. The third-order valence-corrected chi connectivity index (χ3v) is 3.97. The average Bonchev–Trinajstić information content (AvgIpc) is 2.98. The first kappa shape index (κ1) is 14.8. The lowest BCUT2D eigenvalue weighted by molar-refractivity contribution is -0.129. The molecule has 100 valence electrons. The summed E-state index contributed by atoms with van der Waals surface area (Å²) in [6.45, 7) is 5.82. The van der Waals surface area contributed by atoms with E-state index in [1.165, 1.54) is 19.3 Å². The summed E-state index contributed by atoms with van der Waals surface area (Å²) in [5.74, 6) is 1.17. The highest BCUT2D eigenvalue weighted by Crippen LogP contribution is 2.35. The topological polar surface area (TPSA) is 32.3 Å². The Morgan fingerprint density at radius 1 is 1.35 bits per heavy atom. The van der Waals surface area contributed by atoms with Gasteiger partial charge in [-0.3, -0.25) is 4.79 Å². The first-order valence-corrected chi connectivity index (χ1v) is 6.72. The van der Waals surface area contributed by atoms with Crippen molar-refractivity contribution in [2.75, 3.05) is 13.1 Å². The summed E-state index contributed by atoms with van der Waals surface area (Å²) in [6, 6.07) is 1.44. The van der Waals surface area contributed by atoms with Crippen LogP contribution in [0.15, 0.2) is 0 Å². The van der Waals surface area contributed by atoms with Crippen LogP contribution in [0.4, 0.5) is 0 Å². The standard InChI is InChI=1S/C13H24N2O.ClH/c1-3-4-11-9-13(11)14-12-5-7-15(8-6-12)10(2)16;/h11-14H,3-9H2,1-2H3;1H. The van der Waals surface area contributed by atoms with E-state index in [0.29, 0.717) is 6.04 Å². The van der Waals surface area contributed by atoms with Gasteiger partial charge in [-0.1, -0.05) is 13.3 Å². The van der Waals surface area contributed by atoms with Crippen LogP contribution < -0.4 is 5.32 Å². The molecule has 0 spiro atoms. The van der Waals surface area contributed by atoms with Crippen LogP contribution in [-0.4, -0.2) is 36.0 Å². The molecule has 1 aliphatic heterocycles. The lowest BCUT2D eigenvalue weighted by atomic mass is 10.0. The van der Waals surface area contributed by atoms with Gasteiger partial charge in [0.05, 0.1) is 0 Å². The molecule has 2 rings (SSSR count). The van der Waals surface area contributed by atoms with Crippen molar-refractivity contribution in [1.82, 2.24) is 10.2 Å². The van der Waals surface area contributed by atoms with Gasteiger partial charge in [0.1, 0.15) is 0 Å². The summed E-state index contributed by atoms with van der Waals surface area (Å²) in [5, 5.41) is 3.75. The molecule has 1 heterocycles. The predicted octanol–water partition coefficient (Wildman–Crippen LogP) is 2.20. The van der Waals surface area contributed by atoms with Gasteiger partial charge in [0.25, 0.3) is 0 Å². The van der Waals surface area contributed by atoms with E-state index in [4.69, 9.17) is 0 Å². The molecule has 2 fully saturated rings. The molecule has 4 heteroatoms. The maximum absolute atomic E-state index is 11.2. The van der Waals surface area contributed by atoms with Crippen LogP contribution in [0.1, 0.15) is 46.0 Å². The summed E-state index contributed by atoms with van der Waals surface area (Å²) in [7, 11) is 0. The number of amides is 1. The number of nitrogens with one attached hydrogen (secondary N) is 1. The maximum Gasteiger partial charge on any atom is 0.219 e. The summed E-state index contributed by atoms with van der Waals surface area (Å²) in [4.78, 5) is 13.1. The fourth-order valence-electron chi connectivity index (χ4n) is 2.81. The second-order valence-corrected chi connectivity index (χ2v) is 5.34. The Balaban J connectivity index is 0.00000144. The lowest BCUT2D eigenvalue weighted by Crippen LogP contribution is -2.45. The van der Waals surface area contributed by atoms with Crippen LogP contribution in [-0.2, 0) is 4.79 Å². The van der Waals surface area contributed by atoms with Gasteiger partial charge in [-0.2, -0.15) is 0 Å². The van der Waals surface area contributed by atoms with Gasteiger partial charge in [-0.15, -0.1) is 12.4 Å². The summed E-state index contributed by atoms with van der Waals surface area (Å²) < 4.78 is 0. The van der Waals surface area contributed by atoms with E-state index in [2.05, 4.69) is 12.2 Å². The molecular weight excluding hydrogens is 236 g/mol. The smallest absolute Gasteiger partial charge is 0.219 e. The molecule has 2 unspecified atom stereocenters. The highest BCUT2D eigenvalue weighted by Gasteiger charge is 2.37. The number of nitrogens with zero attached hydrogens (tertiary/aromatic N) is 1. The van der Waals surface area contributed by atoms with Crippen LogP contribution in [0.5, 0.6) is 0 Å². The second-order valence-electron chi connectivity index (χ2n) is 5.34. The number of rotatable bonds is 4. The SMILES string of the molecule is CCCC1CC1NC1CCN(C(C)=O)CC1.Cl. The van der Waals surface area contributed by atoms with Gasteiger partial charge < -0.3 is 10.2 Å². The number of piperidine rings is 1. The van der Waals surface area contributed by atoms with E-state index in [1.807, 2.05) is 4.90 Å². The summed E-state index contributed by atoms with van der Waals surface area (Å²) >= 11 is 0. The van der Waals surface area contributed by atoms with Crippen LogP contribution in [0.25, 0.3) is 0 Å². The minimum atomic E-state index is 0. The number of carbonyl (C=O) groups is 1. The van der Waals surface area contributed by atoms with Crippen molar-refractivity contribution in [3.8, 4) is 0 Å². The first-order valence-electron chi connectivity index (χ1n) is 6.72. The highest BCUT2D eigenvalue weighted by molar-refractivity contribution is 5.85. The van der Waals surface area contributed by atoms with Gasteiger partial charge in [0.2, 0.25) is 5.91 Å². The second kappa shape index (κ2) is 6.60. The van der Waals surface area contributed by atoms with Crippen LogP contribution in [0.2, 0.25) is 0 Å². The fraction of sp³-hybridized carbons (Fsp3) is 0.923. The van der Waals surface area contributed by atoms with E-state index in [1.54, 1.807) is 6.92 Å². The van der Waals surface area contributed by atoms with Crippen molar-refractivity contribution in [2.24, 2.45) is 5.92 Å². The third kappa shape index (κ3) is 4.14. The number of likely N-dealkylation sites (tertiary alicyclic amines) is 1. The Bertz CT molecular complexity index is 252. The Kier molecular flexibility index (Phi) is 5.74. The minimum absolute atomic E-state index is 0. The van der Waals surface area contributed by atoms with Gasteiger partial charge in [0.15, 0.2) is 0 Å². The Labute approximate surface area is 111 Å². The van der Waals surface area contributed by atoms with Gasteiger partial charge in [-0.05, 0) is 31.6 Å². The molecule has 1 N–H and O–H groups in total. The minimum Gasteiger partial charge on any atom is -0.343 e. The molecular formula is C13H25ClN2O. The van der Waals surface area contributed by atoms with Crippen molar-refractivity contribution in [3.05, 3.63) is 0 Å². The van der Waals surface area contributed by atoms with Gasteiger partial charge in [-0.25, -0.2) is 0 Å². The van der Waals surface area contributed by atoms with Crippen LogP contribution in [0.3, 0.4) is 0 Å². The van der Waals surface area contributed by atoms with Gasteiger partial charge in [0, 0.05) is 32.1 Å². The number of hydrogen-bond donors (Lipinski definition) is 1. The van der Waals surface area contributed by atoms with Gasteiger partial charge >= 0.3 is 0 Å². The maximum atomic E-state index is 11.2. The van der Waals surface area contributed by atoms with Crippen molar-refractivity contribution in [1.29, 1.82) is 0 Å². The van der Waals surface area contributed by atoms with E-state index < -0.39 is 0 Å².